The number of fused-ring (bicyclic) bond motifs is 1. The zero-order valence-electron chi connectivity index (χ0n) is 9.53. The summed E-state index contributed by atoms with van der Waals surface area (Å²) < 4.78 is 0. The van der Waals surface area contributed by atoms with Crippen molar-refractivity contribution in [1.82, 2.24) is 4.90 Å². The predicted molar refractivity (Wildman–Crippen MR) is 71.2 cm³/mol. The molecule has 0 radical (unpaired) electrons. The summed E-state index contributed by atoms with van der Waals surface area (Å²) in [6, 6.07) is 10.4. The fourth-order valence-corrected chi connectivity index (χ4v) is 2.13. The number of aliphatic imine (C=N–C) groups is 1. The van der Waals surface area contributed by atoms with Gasteiger partial charge >= 0.3 is 0 Å². The monoisotopic (exact) mass is 222 g/mol. The van der Waals surface area contributed by atoms with Gasteiger partial charge < -0.3 is 4.90 Å². The van der Waals surface area contributed by atoms with Crippen LogP contribution in [0.5, 0.6) is 0 Å². The van der Waals surface area contributed by atoms with Gasteiger partial charge in [-0.1, -0.05) is 36.4 Å². The third-order valence-electron chi connectivity index (χ3n) is 2.96. The molecule has 0 aromatic heterocycles. The van der Waals surface area contributed by atoms with Gasteiger partial charge in [0.25, 0.3) is 0 Å². The summed E-state index contributed by atoms with van der Waals surface area (Å²) in [6.45, 7) is 0. The normalized spacial score (nSPS) is 24.1. The Morgan fingerprint density at radius 3 is 2.82 bits per heavy atom. The van der Waals surface area contributed by atoms with Crippen molar-refractivity contribution in [2.24, 2.45) is 4.99 Å². The molecule has 0 N–H and O–H groups in total. The molecule has 1 unspecified atom stereocenters. The van der Waals surface area contributed by atoms with Crippen molar-refractivity contribution in [3.05, 3.63) is 67.0 Å². The average Bonchev–Trinajstić information content (AvgIpc) is 2.40. The molecule has 2 heterocycles. The molecule has 0 fully saturated rings. The average molecular weight is 222 g/mol. The lowest BCUT2D eigenvalue weighted by Crippen LogP contribution is -2.36. The molecule has 2 aliphatic heterocycles. The standard InChI is InChI=1S/C15H14N2/c1-2-7-13(8-3-1)16-14-9-6-12-17-11-5-4-10-15(14)17/h1-8,10-12,15H,9H2. The minimum atomic E-state index is 0.283. The lowest BCUT2D eigenvalue weighted by atomic mass is 10.0. The Balaban J connectivity index is 1.93. The van der Waals surface area contributed by atoms with Crippen LogP contribution in [-0.2, 0) is 0 Å². The van der Waals surface area contributed by atoms with Crippen LogP contribution in [-0.4, -0.2) is 16.7 Å². The molecule has 2 heteroatoms. The van der Waals surface area contributed by atoms with Gasteiger partial charge in [0.15, 0.2) is 0 Å². The first kappa shape index (κ1) is 10.1. The highest BCUT2D eigenvalue weighted by atomic mass is 15.1. The Morgan fingerprint density at radius 1 is 1.06 bits per heavy atom. The molecular weight excluding hydrogens is 208 g/mol. The predicted octanol–water partition coefficient (Wildman–Crippen LogP) is 3.43. The fraction of sp³-hybridized carbons (Fsp3) is 0.133. The van der Waals surface area contributed by atoms with Crippen LogP contribution in [0, 0.1) is 0 Å². The molecule has 1 aromatic carbocycles. The Labute approximate surface area is 101 Å². The van der Waals surface area contributed by atoms with E-state index in [1.807, 2.05) is 36.4 Å². The second-order valence-corrected chi connectivity index (χ2v) is 4.15. The topological polar surface area (TPSA) is 15.6 Å². The second-order valence-electron chi connectivity index (χ2n) is 4.15. The van der Waals surface area contributed by atoms with Crippen LogP contribution in [0.15, 0.2) is 72.0 Å². The van der Waals surface area contributed by atoms with E-state index in [0.717, 1.165) is 12.1 Å². The lowest BCUT2D eigenvalue weighted by molar-refractivity contribution is 0.488. The van der Waals surface area contributed by atoms with Crippen molar-refractivity contribution in [3.63, 3.8) is 0 Å². The Bertz CT molecular complexity index is 509. The van der Waals surface area contributed by atoms with E-state index in [9.17, 15) is 0 Å². The van der Waals surface area contributed by atoms with Crippen LogP contribution in [0.1, 0.15) is 6.42 Å². The van der Waals surface area contributed by atoms with Crippen LogP contribution >= 0.6 is 0 Å². The van der Waals surface area contributed by atoms with Gasteiger partial charge in [-0.2, -0.15) is 0 Å². The maximum atomic E-state index is 4.74. The van der Waals surface area contributed by atoms with Gasteiger partial charge in [0, 0.05) is 24.5 Å². The summed E-state index contributed by atoms with van der Waals surface area (Å²) in [5.41, 5.74) is 2.22. The second kappa shape index (κ2) is 4.42. The van der Waals surface area contributed by atoms with E-state index in [-0.39, 0.29) is 6.04 Å². The third-order valence-corrected chi connectivity index (χ3v) is 2.96. The van der Waals surface area contributed by atoms with Crippen LogP contribution in [0.4, 0.5) is 5.69 Å². The first-order valence-corrected chi connectivity index (χ1v) is 5.85. The van der Waals surface area contributed by atoms with E-state index < -0.39 is 0 Å². The van der Waals surface area contributed by atoms with Crippen molar-refractivity contribution in [2.75, 3.05) is 0 Å². The van der Waals surface area contributed by atoms with E-state index in [2.05, 4.69) is 35.5 Å². The highest BCUT2D eigenvalue weighted by Gasteiger charge is 2.21. The van der Waals surface area contributed by atoms with Gasteiger partial charge in [0.05, 0.1) is 11.7 Å². The summed E-state index contributed by atoms with van der Waals surface area (Å²) in [6.07, 6.45) is 13.6. The molecule has 1 atom stereocenters. The van der Waals surface area contributed by atoms with Gasteiger partial charge in [-0.15, -0.1) is 0 Å². The number of para-hydroxylation sites is 1. The van der Waals surface area contributed by atoms with Gasteiger partial charge in [-0.05, 0) is 18.2 Å². The molecule has 3 rings (SSSR count). The van der Waals surface area contributed by atoms with Crippen LogP contribution in [0.25, 0.3) is 0 Å². The van der Waals surface area contributed by atoms with Crippen molar-refractivity contribution in [1.29, 1.82) is 0 Å². The molecule has 0 bridgehead atoms. The molecule has 0 spiro atoms. The third kappa shape index (κ3) is 2.07. The lowest BCUT2D eigenvalue weighted by Gasteiger charge is -2.31. The van der Waals surface area contributed by atoms with Gasteiger partial charge in [0.2, 0.25) is 0 Å². The number of hydrogen-bond acceptors (Lipinski definition) is 2. The highest BCUT2D eigenvalue weighted by Crippen LogP contribution is 2.21. The fourth-order valence-electron chi connectivity index (χ4n) is 2.13. The van der Waals surface area contributed by atoms with Crippen LogP contribution < -0.4 is 0 Å². The SMILES string of the molecule is C1=CC2C(=Nc3ccccc3)CC=CN2C=C1. The summed E-state index contributed by atoms with van der Waals surface area (Å²) in [4.78, 5) is 6.93. The minimum Gasteiger partial charge on any atom is -0.342 e. The number of nitrogens with zero attached hydrogens (tertiary/aromatic N) is 2. The summed E-state index contributed by atoms with van der Waals surface area (Å²) >= 11 is 0. The van der Waals surface area contributed by atoms with Crippen molar-refractivity contribution >= 4 is 11.4 Å². The van der Waals surface area contributed by atoms with Crippen molar-refractivity contribution in [3.8, 4) is 0 Å². The minimum absolute atomic E-state index is 0.283. The molecule has 17 heavy (non-hydrogen) atoms. The molecule has 0 aliphatic carbocycles. The number of rotatable bonds is 1. The zero-order valence-corrected chi connectivity index (χ0v) is 9.53. The maximum absolute atomic E-state index is 4.74. The van der Waals surface area contributed by atoms with E-state index in [0.29, 0.717) is 0 Å². The number of benzene rings is 1. The van der Waals surface area contributed by atoms with E-state index >= 15 is 0 Å². The van der Waals surface area contributed by atoms with Crippen LogP contribution in [0.2, 0.25) is 0 Å². The van der Waals surface area contributed by atoms with Gasteiger partial charge in [-0.3, -0.25) is 4.99 Å². The molecule has 0 saturated carbocycles. The Hall–Kier alpha value is -2.09. The maximum Gasteiger partial charge on any atom is 0.0901 e. The zero-order chi connectivity index (χ0) is 11.5. The van der Waals surface area contributed by atoms with E-state index in [1.165, 1.54) is 5.71 Å². The Kier molecular flexibility index (Phi) is 2.62. The Morgan fingerprint density at radius 2 is 1.94 bits per heavy atom. The molecule has 84 valence electrons. The van der Waals surface area contributed by atoms with Crippen molar-refractivity contribution in [2.45, 2.75) is 12.5 Å². The quantitative estimate of drug-likeness (QED) is 0.710. The molecule has 0 saturated heterocycles. The first-order chi connectivity index (χ1) is 8.43. The number of allylic oxidation sites excluding steroid dienone is 3. The van der Waals surface area contributed by atoms with E-state index in [1.54, 1.807) is 0 Å². The number of hydrogen-bond donors (Lipinski definition) is 0. The smallest absolute Gasteiger partial charge is 0.0901 e. The first-order valence-electron chi connectivity index (χ1n) is 5.85. The summed E-state index contributed by atoms with van der Waals surface area (Å²) in [5.74, 6) is 0. The molecule has 2 nitrogen and oxygen atoms in total. The molecule has 0 amide bonds. The summed E-state index contributed by atoms with van der Waals surface area (Å²) in [7, 11) is 0. The van der Waals surface area contributed by atoms with Crippen molar-refractivity contribution < 1.29 is 0 Å². The highest BCUT2D eigenvalue weighted by molar-refractivity contribution is 5.95. The van der Waals surface area contributed by atoms with Crippen LogP contribution in [0.3, 0.4) is 0 Å². The summed E-state index contributed by atoms with van der Waals surface area (Å²) in [5, 5.41) is 0. The molecular formula is C15H14N2. The van der Waals surface area contributed by atoms with Gasteiger partial charge in [0.1, 0.15) is 0 Å². The molecule has 1 aromatic rings. The molecule has 2 aliphatic rings. The van der Waals surface area contributed by atoms with E-state index in [4.69, 9.17) is 4.99 Å². The largest absolute Gasteiger partial charge is 0.342 e. The van der Waals surface area contributed by atoms with Gasteiger partial charge in [-0.25, -0.2) is 0 Å².